The van der Waals surface area contributed by atoms with E-state index < -0.39 is 30.2 Å². The fraction of sp³-hybridized carbons (Fsp3) is 0.400. The molecule has 0 unspecified atom stereocenters. The Morgan fingerprint density at radius 1 is 0.852 bits per heavy atom. The van der Waals surface area contributed by atoms with Gasteiger partial charge in [-0.2, -0.15) is 18.2 Å². The molecule has 0 atom stereocenters. The molecule has 1 aliphatic carbocycles. The molecule has 13 nitrogen and oxygen atoms in total. The number of ketones is 1. The van der Waals surface area contributed by atoms with Gasteiger partial charge in [0.2, 0.25) is 5.95 Å². The summed E-state index contributed by atoms with van der Waals surface area (Å²) in [6.45, 7) is 6.24. The molecule has 5 aromatic rings. The number of carbonyl (C=O) groups excluding carboxylic acids is 3. The smallest absolute Gasteiger partial charge is 0.390 e. The van der Waals surface area contributed by atoms with Gasteiger partial charge in [-0.15, -0.1) is 0 Å². The number of piperazine rings is 1. The van der Waals surface area contributed by atoms with Crippen molar-refractivity contribution in [2.24, 2.45) is 0 Å². The molecule has 3 aliphatic rings. The summed E-state index contributed by atoms with van der Waals surface area (Å²) in [5.41, 5.74) is 4.91. The average Bonchev–Trinajstić information content (AvgIpc) is 3.62. The number of aliphatic hydroxyl groups excluding tert-OH is 1. The van der Waals surface area contributed by atoms with Crippen LogP contribution in [0.1, 0.15) is 70.0 Å². The molecule has 2 amide bonds. The number of nitrogens with zero attached hydrogens (tertiary/aromatic N) is 5. The van der Waals surface area contributed by atoms with Crippen LogP contribution in [-0.2, 0) is 22.5 Å². The van der Waals surface area contributed by atoms with Crippen molar-refractivity contribution in [3.8, 4) is 22.6 Å². The molecular weight excluding hydrogens is 792 g/mol. The van der Waals surface area contributed by atoms with E-state index in [4.69, 9.17) is 9.47 Å². The number of benzene rings is 3. The van der Waals surface area contributed by atoms with Gasteiger partial charge in [0.25, 0.3) is 17.6 Å². The summed E-state index contributed by atoms with van der Waals surface area (Å²) < 4.78 is 52.4. The number of ether oxygens (including phenoxy) is 2. The zero-order chi connectivity index (χ0) is 42.5. The van der Waals surface area contributed by atoms with Gasteiger partial charge in [0.05, 0.1) is 31.3 Å². The number of carbonyl (C=O) groups is 3. The first-order valence-electron chi connectivity index (χ1n) is 20.8. The van der Waals surface area contributed by atoms with Gasteiger partial charge >= 0.3 is 6.18 Å². The molecule has 16 heteroatoms. The number of alkyl halides is 3. The number of halogens is 3. The van der Waals surface area contributed by atoms with Crippen LogP contribution in [0, 0.1) is 0 Å². The Morgan fingerprint density at radius 3 is 2.38 bits per heavy atom. The number of rotatable bonds is 15. The number of imide groups is 1. The molecule has 1 saturated heterocycles. The molecule has 3 aromatic carbocycles. The minimum Gasteiger partial charge on any atom is -0.457 e. The molecule has 8 rings (SSSR count). The molecule has 3 N–H and O–H groups in total. The largest absolute Gasteiger partial charge is 0.457 e. The van der Waals surface area contributed by atoms with Gasteiger partial charge in [-0.05, 0) is 73.1 Å². The van der Waals surface area contributed by atoms with Crippen LogP contribution in [0.25, 0.3) is 22.2 Å². The molecule has 61 heavy (non-hydrogen) atoms. The number of aliphatic hydroxyl groups is 1. The number of Topliss-reactive ketones (excluding diaryl/α,β-unsaturated/α-hetero) is 1. The van der Waals surface area contributed by atoms with E-state index in [1.807, 2.05) is 18.2 Å². The third kappa shape index (κ3) is 10.3. The van der Waals surface area contributed by atoms with E-state index in [9.17, 15) is 32.7 Å². The van der Waals surface area contributed by atoms with Crippen molar-refractivity contribution >= 4 is 34.6 Å². The zero-order valence-corrected chi connectivity index (χ0v) is 33.6. The third-order valence-corrected chi connectivity index (χ3v) is 11.6. The SMILES string of the molecule is O=C1NC(=O)c2c(Oc3cccc(CCOCCN4CCN(Cc5ccc(-c6cn([C@H]7CC[C@H](O)CC7)c7nc(NCCC(F)(F)F)ncc67)cc5)CC4)c3)cccc2C1=O. The highest BCUT2D eigenvalue weighted by molar-refractivity contribution is 6.49. The Hall–Kier alpha value is -5.68. The summed E-state index contributed by atoms with van der Waals surface area (Å²) in [6, 6.07) is 20.7. The highest BCUT2D eigenvalue weighted by Crippen LogP contribution is 2.37. The lowest BCUT2D eigenvalue weighted by atomic mass is 9.93. The van der Waals surface area contributed by atoms with E-state index in [0.717, 1.165) is 74.2 Å². The van der Waals surface area contributed by atoms with E-state index in [1.54, 1.807) is 24.4 Å². The van der Waals surface area contributed by atoms with Crippen LogP contribution in [0.2, 0.25) is 0 Å². The van der Waals surface area contributed by atoms with Crippen LogP contribution in [0.4, 0.5) is 19.1 Å². The average molecular weight is 840 g/mol. The summed E-state index contributed by atoms with van der Waals surface area (Å²) >= 11 is 0. The third-order valence-electron chi connectivity index (χ3n) is 11.6. The van der Waals surface area contributed by atoms with Gasteiger partial charge in [0, 0.05) is 80.8 Å². The second kappa shape index (κ2) is 18.5. The summed E-state index contributed by atoms with van der Waals surface area (Å²) in [5, 5.41) is 15.8. The maximum absolute atomic E-state index is 12.8. The van der Waals surface area contributed by atoms with Crippen molar-refractivity contribution in [3.63, 3.8) is 0 Å². The maximum Gasteiger partial charge on any atom is 0.390 e. The van der Waals surface area contributed by atoms with Gasteiger partial charge < -0.3 is 24.5 Å². The Labute approximate surface area is 350 Å². The van der Waals surface area contributed by atoms with Crippen LogP contribution < -0.4 is 15.4 Å². The lowest BCUT2D eigenvalue weighted by Crippen LogP contribution is -2.46. The van der Waals surface area contributed by atoms with Gasteiger partial charge in [-0.1, -0.05) is 42.5 Å². The number of hydrogen-bond acceptors (Lipinski definition) is 11. The molecule has 0 bridgehead atoms. The van der Waals surface area contributed by atoms with Crippen molar-refractivity contribution in [2.75, 3.05) is 57.8 Å². The second-order valence-corrected chi connectivity index (χ2v) is 15.9. The van der Waals surface area contributed by atoms with E-state index in [1.165, 1.54) is 11.6 Å². The van der Waals surface area contributed by atoms with Crippen molar-refractivity contribution in [2.45, 2.75) is 63.4 Å². The van der Waals surface area contributed by atoms with E-state index in [0.29, 0.717) is 43.9 Å². The quantitative estimate of drug-likeness (QED) is 0.0598. The minimum atomic E-state index is -4.27. The molecule has 1 saturated carbocycles. The fourth-order valence-corrected chi connectivity index (χ4v) is 8.26. The summed E-state index contributed by atoms with van der Waals surface area (Å²) in [6.07, 6.45) is 1.82. The second-order valence-electron chi connectivity index (χ2n) is 15.9. The molecule has 0 radical (unpaired) electrons. The standard InChI is InChI=1S/C45H48F3N7O6/c46-45(47,48)16-17-49-44-50-26-36-37(28-55(41(36)51-44)32-11-13-33(56)14-12-32)31-9-7-30(8-10-31)27-54-20-18-53(19-21-54)22-24-60-23-15-29-3-1-4-34(25-29)61-38-6-2-5-35-39(38)42(58)52-43(59)40(35)57/h1-10,25-26,28,32-33,56H,11-24,27H2,(H,49,50,51)(H,52,58,59)/t32-,33-. The highest BCUT2D eigenvalue weighted by atomic mass is 19.4. The predicted molar refractivity (Wildman–Crippen MR) is 222 cm³/mol. The van der Waals surface area contributed by atoms with E-state index in [-0.39, 0.29) is 41.5 Å². The Kier molecular flexibility index (Phi) is 12.8. The summed E-state index contributed by atoms with van der Waals surface area (Å²) in [5.74, 6) is -1.52. The summed E-state index contributed by atoms with van der Waals surface area (Å²) in [7, 11) is 0. The van der Waals surface area contributed by atoms with Gasteiger partial charge in [0.1, 0.15) is 17.1 Å². The van der Waals surface area contributed by atoms with Crippen molar-refractivity contribution in [1.82, 2.24) is 29.7 Å². The van der Waals surface area contributed by atoms with Gasteiger partial charge in [-0.25, -0.2) is 4.98 Å². The van der Waals surface area contributed by atoms with Crippen LogP contribution in [0.15, 0.2) is 79.1 Å². The molecule has 2 aromatic heterocycles. The lowest BCUT2D eigenvalue weighted by molar-refractivity contribution is -0.131. The monoisotopic (exact) mass is 839 g/mol. The lowest BCUT2D eigenvalue weighted by Gasteiger charge is -2.34. The van der Waals surface area contributed by atoms with Crippen LogP contribution >= 0.6 is 0 Å². The highest BCUT2D eigenvalue weighted by Gasteiger charge is 2.33. The van der Waals surface area contributed by atoms with Crippen LogP contribution in [0.5, 0.6) is 11.5 Å². The number of nitrogens with one attached hydrogen (secondary N) is 2. The fourth-order valence-electron chi connectivity index (χ4n) is 8.26. The maximum atomic E-state index is 12.8. The first kappa shape index (κ1) is 42.0. The number of hydrogen-bond donors (Lipinski definition) is 3. The number of anilines is 1. The first-order chi connectivity index (χ1) is 29.5. The van der Waals surface area contributed by atoms with Crippen LogP contribution in [0.3, 0.4) is 0 Å². The van der Waals surface area contributed by atoms with Gasteiger partial charge in [-0.3, -0.25) is 29.5 Å². The Bertz CT molecular complexity index is 2370. The van der Waals surface area contributed by atoms with E-state index >= 15 is 0 Å². The van der Waals surface area contributed by atoms with Crippen molar-refractivity contribution in [1.29, 1.82) is 0 Å². The Morgan fingerprint density at radius 2 is 1.61 bits per heavy atom. The number of amides is 2. The molecule has 0 spiro atoms. The van der Waals surface area contributed by atoms with Crippen LogP contribution in [-0.4, -0.2) is 112 Å². The first-order valence-corrected chi connectivity index (χ1v) is 20.8. The number of aromatic nitrogens is 3. The topological polar surface area (TPSA) is 151 Å². The minimum absolute atomic E-state index is 0.0255. The zero-order valence-electron chi connectivity index (χ0n) is 33.6. The Balaban J connectivity index is 0.796. The molecule has 320 valence electrons. The van der Waals surface area contributed by atoms with Gasteiger partial charge in [0.15, 0.2) is 0 Å². The molecule has 2 fully saturated rings. The predicted octanol–water partition coefficient (Wildman–Crippen LogP) is 6.56. The molecular formula is C45H48F3N7O6. The van der Waals surface area contributed by atoms with Crippen molar-refractivity contribution in [3.05, 3.63) is 101 Å². The van der Waals surface area contributed by atoms with Crippen molar-refractivity contribution < 1.29 is 42.1 Å². The van der Waals surface area contributed by atoms with E-state index in [2.05, 4.69) is 65.4 Å². The molecule has 2 aliphatic heterocycles. The normalized spacial score (nSPS) is 18.9. The number of fused-ring (bicyclic) bond motifs is 2. The molecule has 4 heterocycles. The summed E-state index contributed by atoms with van der Waals surface area (Å²) in [4.78, 5) is 50.4.